The Kier molecular flexibility index (Phi) is 8.07. The molecule has 1 saturated heterocycles. The van der Waals surface area contributed by atoms with E-state index in [4.69, 9.17) is 24.3 Å². The Morgan fingerprint density at radius 1 is 1.22 bits per heavy atom. The van der Waals surface area contributed by atoms with Gasteiger partial charge in [0.05, 0.1) is 19.0 Å². The maximum atomic E-state index is 13.8. The number of nitrogen functional groups attached to an aromatic ring is 1. The Balaban J connectivity index is 1.55. The number of anilines is 1. The van der Waals surface area contributed by atoms with E-state index < -0.39 is 50.4 Å². The van der Waals surface area contributed by atoms with E-state index in [-0.39, 0.29) is 18.2 Å². The van der Waals surface area contributed by atoms with E-state index in [9.17, 15) is 19.6 Å². The van der Waals surface area contributed by atoms with Crippen LogP contribution in [0.25, 0.3) is 11.2 Å². The molecule has 0 amide bonds. The molecule has 37 heavy (non-hydrogen) atoms. The number of carbonyl (C=O) groups excluding carboxylic acids is 1. The van der Waals surface area contributed by atoms with Crippen LogP contribution in [-0.4, -0.2) is 72.8 Å². The number of fused-ring (bicyclic) bond motifs is 1. The van der Waals surface area contributed by atoms with Gasteiger partial charge < -0.3 is 29.9 Å². The van der Waals surface area contributed by atoms with E-state index >= 15 is 0 Å². The van der Waals surface area contributed by atoms with Crippen LogP contribution in [-0.2, 0) is 23.4 Å². The van der Waals surface area contributed by atoms with Crippen molar-refractivity contribution in [2.24, 2.45) is 0 Å². The van der Waals surface area contributed by atoms with E-state index in [1.165, 1.54) is 31.1 Å². The fourth-order valence-corrected chi connectivity index (χ4v) is 5.59. The molecule has 15 heteroatoms. The SMILES string of the molecule is CCOC(=O)C(C)NP(=O)(Oc1ccccc1)OC(C)[C@H]1O[C@@H](n2cnc3c(N)ncnc32)C(O)[C@H]1O. The molecule has 4 unspecified atom stereocenters. The summed E-state index contributed by atoms with van der Waals surface area (Å²) in [5.41, 5.74) is 6.43. The largest absolute Gasteiger partial charge is 0.465 e. The maximum Gasteiger partial charge on any atom is 0.459 e. The molecule has 7 atom stereocenters. The fraction of sp³-hybridized carbons (Fsp3) is 0.455. The first-order valence-electron chi connectivity index (χ1n) is 11.6. The van der Waals surface area contributed by atoms with Crippen molar-refractivity contribution >= 4 is 30.7 Å². The number of hydrogen-bond acceptors (Lipinski definition) is 12. The quantitative estimate of drug-likeness (QED) is 0.213. The molecule has 0 aliphatic carbocycles. The summed E-state index contributed by atoms with van der Waals surface area (Å²) in [5, 5.41) is 24.1. The molecular formula is C22H29N6O8P. The van der Waals surface area contributed by atoms with Gasteiger partial charge in [0, 0.05) is 0 Å². The van der Waals surface area contributed by atoms with Crippen LogP contribution in [0.15, 0.2) is 43.0 Å². The normalized spacial score (nSPS) is 24.9. The van der Waals surface area contributed by atoms with Gasteiger partial charge in [0.1, 0.15) is 41.9 Å². The molecule has 0 bridgehead atoms. The van der Waals surface area contributed by atoms with E-state index in [1.807, 2.05) is 0 Å². The Morgan fingerprint density at radius 2 is 1.95 bits per heavy atom. The number of aliphatic hydroxyl groups excluding tert-OH is 2. The highest BCUT2D eigenvalue weighted by molar-refractivity contribution is 7.52. The summed E-state index contributed by atoms with van der Waals surface area (Å²) in [6.45, 7) is 4.72. The van der Waals surface area contributed by atoms with Gasteiger partial charge in [-0.25, -0.2) is 19.5 Å². The topological polar surface area (TPSA) is 193 Å². The van der Waals surface area contributed by atoms with Crippen LogP contribution < -0.4 is 15.3 Å². The van der Waals surface area contributed by atoms with E-state index in [1.54, 1.807) is 37.3 Å². The molecule has 1 aliphatic heterocycles. The molecular weight excluding hydrogens is 507 g/mol. The molecule has 200 valence electrons. The smallest absolute Gasteiger partial charge is 0.459 e. The van der Waals surface area contributed by atoms with Crippen LogP contribution >= 0.6 is 7.75 Å². The van der Waals surface area contributed by atoms with Crippen molar-refractivity contribution in [2.75, 3.05) is 12.3 Å². The fourth-order valence-electron chi connectivity index (χ4n) is 3.89. The lowest BCUT2D eigenvalue weighted by Crippen LogP contribution is -2.41. The molecule has 5 N–H and O–H groups in total. The predicted molar refractivity (Wildman–Crippen MR) is 130 cm³/mol. The second kappa shape index (κ2) is 11.1. The van der Waals surface area contributed by atoms with Gasteiger partial charge in [-0.3, -0.25) is 13.9 Å². The third-order valence-corrected chi connectivity index (χ3v) is 7.43. The molecule has 1 fully saturated rings. The molecule has 0 radical (unpaired) electrons. The Labute approximate surface area is 212 Å². The lowest BCUT2D eigenvalue weighted by molar-refractivity contribution is -0.144. The number of benzene rings is 1. The van der Waals surface area contributed by atoms with Crippen LogP contribution in [0.1, 0.15) is 27.0 Å². The van der Waals surface area contributed by atoms with Crippen LogP contribution in [0, 0.1) is 0 Å². The number of esters is 1. The molecule has 3 aromatic rings. The molecule has 1 aliphatic rings. The third-order valence-electron chi connectivity index (χ3n) is 5.66. The molecule has 0 saturated carbocycles. The van der Waals surface area contributed by atoms with Gasteiger partial charge in [-0.05, 0) is 32.9 Å². The van der Waals surface area contributed by atoms with Crippen molar-refractivity contribution in [2.45, 2.75) is 57.5 Å². The first-order valence-corrected chi connectivity index (χ1v) is 13.1. The summed E-state index contributed by atoms with van der Waals surface area (Å²) in [6, 6.07) is 7.18. The Morgan fingerprint density at radius 3 is 2.65 bits per heavy atom. The minimum absolute atomic E-state index is 0.132. The van der Waals surface area contributed by atoms with E-state index in [2.05, 4.69) is 20.0 Å². The van der Waals surface area contributed by atoms with Gasteiger partial charge in [0.25, 0.3) is 0 Å². The highest BCUT2D eigenvalue weighted by Crippen LogP contribution is 2.48. The first-order chi connectivity index (χ1) is 17.6. The number of imidazole rings is 1. The Hall–Kier alpha value is -3.13. The monoisotopic (exact) mass is 536 g/mol. The lowest BCUT2D eigenvalue weighted by atomic mass is 10.1. The van der Waals surface area contributed by atoms with Crippen LogP contribution in [0.4, 0.5) is 5.82 Å². The van der Waals surface area contributed by atoms with Crippen LogP contribution in [0.5, 0.6) is 5.75 Å². The van der Waals surface area contributed by atoms with Gasteiger partial charge in [0.15, 0.2) is 17.7 Å². The summed E-state index contributed by atoms with van der Waals surface area (Å²) in [4.78, 5) is 24.3. The highest BCUT2D eigenvalue weighted by atomic mass is 31.2. The second-order valence-electron chi connectivity index (χ2n) is 8.37. The number of nitrogens with one attached hydrogen (secondary N) is 1. The number of aromatic nitrogens is 4. The van der Waals surface area contributed by atoms with Gasteiger partial charge >= 0.3 is 13.7 Å². The number of carbonyl (C=O) groups is 1. The third kappa shape index (κ3) is 5.74. The number of hydrogen-bond donors (Lipinski definition) is 4. The van der Waals surface area contributed by atoms with Crippen LogP contribution in [0.3, 0.4) is 0 Å². The predicted octanol–water partition coefficient (Wildman–Crippen LogP) is 1.16. The zero-order valence-electron chi connectivity index (χ0n) is 20.4. The van der Waals surface area contributed by atoms with Gasteiger partial charge in [0.2, 0.25) is 0 Å². The van der Waals surface area contributed by atoms with Crippen molar-refractivity contribution in [3.05, 3.63) is 43.0 Å². The van der Waals surface area contributed by atoms with Crippen molar-refractivity contribution in [3.63, 3.8) is 0 Å². The second-order valence-corrected chi connectivity index (χ2v) is 10.0. The van der Waals surface area contributed by atoms with Gasteiger partial charge in [-0.1, -0.05) is 18.2 Å². The highest BCUT2D eigenvalue weighted by Gasteiger charge is 2.49. The minimum atomic E-state index is -4.24. The van der Waals surface area contributed by atoms with Crippen molar-refractivity contribution < 1.29 is 38.1 Å². The average Bonchev–Trinajstić information content (AvgIpc) is 3.41. The number of nitrogens with two attached hydrogens (primary N) is 1. The van der Waals surface area contributed by atoms with E-state index in [0.717, 1.165) is 0 Å². The van der Waals surface area contributed by atoms with Crippen molar-refractivity contribution in [1.29, 1.82) is 0 Å². The molecule has 3 heterocycles. The summed E-state index contributed by atoms with van der Waals surface area (Å²) in [5.74, 6) is -0.295. The van der Waals surface area contributed by atoms with E-state index in [0.29, 0.717) is 11.2 Å². The number of aliphatic hydroxyl groups is 2. The number of nitrogens with zero attached hydrogens (tertiary/aromatic N) is 4. The zero-order valence-corrected chi connectivity index (χ0v) is 21.3. The number of rotatable bonds is 10. The maximum absolute atomic E-state index is 13.8. The summed E-state index contributed by atoms with van der Waals surface area (Å²) in [7, 11) is -4.24. The first kappa shape index (κ1) is 26.9. The molecule has 14 nitrogen and oxygen atoms in total. The van der Waals surface area contributed by atoms with Crippen LogP contribution in [0.2, 0.25) is 0 Å². The summed E-state index contributed by atoms with van der Waals surface area (Å²) in [6.07, 6.45) is -3.59. The molecule has 1 aromatic carbocycles. The minimum Gasteiger partial charge on any atom is -0.465 e. The Bertz CT molecular complexity index is 1280. The number of para-hydroxylation sites is 1. The van der Waals surface area contributed by atoms with Crippen molar-refractivity contribution in [1.82, 2.24) is 24.6 Å². The lowest BCUT2D eigenvalue weighted by Gasteiger charge is -2.28. The molecule has 0 spiro atoms. The summed E-state index contributed by atoms with van der Waals surface area (Å²) < 4.78 is 37.5. The molecule has 4 rings (SSSR count). The summed E-state index contributed by atoms with van der Waals surface area (Å²) >= 11 is 0. The average molecular weight is 536 g/mol. The van der Waals surface area contributed by atoms with Gasteiger partial charge in [-0.15, -0.1) is 0 Å². The zero-order chi connectivity index (χ0) is 26.7. The van der Waals surface area contributed by atoms with Gasteiger partial charge in [-0.2, -0.15) is 5.09 Å². The number of ether oxygens (including phenoxy) is 2. The van der Waals surface area contributed by atoms with Crippen molar-refractivity contribution in [3.8, 4) is 5.75 Å². The standard InChI is InChI=1S/C22H29N6O8P/c1-4-33-22(31)12(2)27-37(32,36-14-8-6-5-7-9-14)35-13(3)18-16(29)17(30)21(34-18)28-11-26-15-19(23)24-10-25-20(15)28/h5-13,16-18,21,29-30H,4H2,1-3H3,(H,27,32)(H2,23,24,25)/t12?,13?,16-,17?,18-,21-,37?/m1/s1. The molecule has 2 aromatic heterocycles.